The standard InChI is InChI=1S/C17H25F3N2O3/c1-16(2,3)14(21)15(24)22(4)9-11(23)10-25-13-8-6-5-7-12(13)17(18,19)20/h5-8,11,14,23H,9-10,21H2,1-4H3/t11?,14-/m1/s1. The first-order valence-corrected chi connectivity index (χ1v) is 7.81. The van der Waals surface area contributed by atoms with Crippen molar-refractivity contribution in [1.82, 2.24) is 4.90 Å². The molecule has 0 spiro atoms. The quantitative estimate of drug-likeness (QED) is 0.814. The van der Waals surface area contributed by atoms with Gasteiger partial charge in [-0.1, -0.05) is 32.9 Å². The van der Waals surface area contributed by atoms with E-state index in [0.717, 1.165) is 6.07 Å². The number of hydrogen-bond acceptors (Lipinski definition) is 4. The van der Waals surface area contributed by atoms with Gasteiger partial charge in [-0.3, -0.25) is 4.79 Å². The predicted octanol–water partition coefficient (Wildman–Crippen LogP) is 2.28. The van der Waals surface area contributed by atoms with Gasteiger partial charge in [0.1, 0.15) is 18.5 Å². The molecule has 25 heavy (non-hydrogen) atoms. The topological polar surface area (TPSA) is 75.8 Å². The van der Waals surface area contributed by atoms with Crippen LogP contribution in [0.5, 0.6) is 5.75 Å². The molecule has 0 saturated heterocycles. The molecule has 0 aromatic heterocycles. The van der Waals surface area contributed by atoms with Gasteiger partial charge in [-0.05, 0) is 17.5 Å². The SMILES string of the molecule is CN(CC(O)COc1ccccc1C(F)(F)F)C(=O)[C@@H](N)C(C)(C)C. The minimum absolute atomic E-state index is 0.100. The lowest BCUT2D eigenvalue weighted by molar-refractivity contribution is -0.139. The summed E-state index contributed by atoms with van der Waals surface area (Å²) in [5.74, 6) is -0.725. The highest BCUT2D eigenvalue weighted by atomic mass is 19.4. The second kappa shape index (κ2) is 8.05. The molecular weight excluding hydrogens is 337 g/mol. The molecule has 0 heterocycles. The maximum absolute atomic E-state index is 12.9. The summed E-state index contributed by atoms with van der Waals surface area (Å²) < 4.78 is 43.7. The van der Waals surface area contributed by atoms with Crippen molar-refractivity contribution in [2.75, 3.05) is 20.2 Å². The first-order chi connectivity index (χ1) is 11.3. The van der Waals surface area contributed by atoms with Crippen molar-refractivity contribution in [2.24, 2.45) is 11.1 Å². The van der Waals surface area contributed by atoms with Gasteiger partial charge in [-0.25, -0.2) is 0 Å². The summed E-state index contributed by atoms with van der Waals surface area (Å²) in [6.07, 6.45) is -5.70. The van der Waals surface area contributed by atoms with E-state index in [1.54, 1.807) is 0 Å². The summed E-state index contributed by atoms with van der Waals surface area (Å²) >= 11 is 0. The molecule has 1 rings (SSSR count). The molecule has 0 bridgehead atoms. The number of rotatable bonds is 6. The van der Waals surface area contributed by atoms with E-state index in [1.807, 2.05) is 20.8 Å². The van der Waals surface area contributed by atoms with Gasteiger partial charge in [0.25, 0.3) is 0 Å². The van der Waals surface area contributed by atoms with Gasteiger partial charge in [-0.2, -0.15) is 13.2 Å². The second-order valence-corrected chi connectivity index (χ2v) is 7.02. The number of benzene rings is 1. The smallest absolute Gasteiger partial charge is 0.419 e. The third-order valence-corrected chi connectivity index (χ3v) is 3.68. The first kappa shape index (κ1) is 21.2. The van der Waals surface area contributed by atoms with Gasteiger partial charge in [0.15, 0.2) is 0 Å². The molecule has 0 aliphatic heterocycles. The average molecular weight is 362 g/mol. The van der Waals surface area contributed by atoms with Gasteiger partial charge < -0.3 is 20.5 Å². The van der Waals surface area contributed by atoms with Crippen LogP contribution in [0.1, 0.15) is 26.3 Å². The van der Waals surface area contributed by atoms with E-state index in [-0.39, 0.29) is 24.8 Å². The van der Waals surface area contributed by atoms with Gasteiger partial charge in [0.2, 0.25) is 5.91 Å². The Kier molecular flexibility index (Phi) is 6.84. The highest BCUT2D eigenvalue weighted by molar-refractivity contribution is 5.82. The number of aliphatic hydroxyl groups is 1. The number of ether oxygens (including phenoxy) is 1. The summed E-state index contributed by atoms with van der Waals surface area (Å²) in [4.78, 5) is 13.4. The number of carbonyl (C=O) groups excluding carboxylic acids is 1. The molecule has 5 nitrogen and oxygen atoms in total. The highest BCUT2D eigenvalue weighted by Crippen LogP contribution is 2.35. The van der Waals surface area contributed by atoms with E-state index in [0.29, 0.717) is 0 Å². The van der Waals surface area contributed by atoms with Crippen LogP contribution in [-0.2, 0) is 11.0 Å². The molecule has 0 saturated carbocycles. The minimum atomic E-state index is -4.55. The summed E-state index contributed by atoms with van der Waals surface area (Å²) in [6.45, 7) is 4.97. The van der Waals surface area contributed by atoms with Crippen LogP contribution in [0.25, 0.3) is 0 Å². The molecule has 0 radical (unpaired) electrons. The molecule has 1 amide bonds. The van der Waals surface area contributed by atoms with E-state index < -0.39 is 29.3 Å². The van der Waals surface area contributed by atoms with Crippen LogP contribution >= 0.6 is 0 Å². The maximum atomic E-state index is 12.9. The number of para-hydroxylation sites is 1. The lowest BCUT2D eigenvalue weighted by atomic mass is 9.86. The van der Waals surface area contributed by atoms with Crippen LogP contribution in [0.3, 0.4) is 0 Å². The van der Waals surface area contributed by atoms with E-state index in [4.69, 9.17) is 10.5 Å². The average Bonchev–Trinajstić information content (AvgIpc) is 2.49. The van der Waals surface area contributed by atoms with Crippen LogP contribution in [0.4, 0.5) is 13.2 Å². The third kappa shape index (κ3) is 6.21. The molecule has 1 aromatic rings. The Hall–Kier alpha value is -1.80. The zero-order valence-electron chi connectivity index (χ0n) is 14.8. The number of carbonyl (C=O) groups is 1. The summed E-state index contributed by atoms with van der Waals surface area (Å²) in [7, 11) is 1.47. The normalized spacial score (nSPS) is 14.8. The fourth-order valence-corrected chi connectivity index (χ4v) is 2.08. The second-order valence-electron chi connectivity index (χ2n) is 7.02. The van der Waals surface area contributed by atoms with Gasteiger partial charge in [0.05, 0.1) is 11.6 Å². The lowest BCUT2D eigenvalue weighted by Crippen LogP contribution is -2.51. The van der Waals surface area contributed by atoms with Crippen molar-refractivity contribution in [2.45, 2.75) is 39.1 Å². The Morgan fingerprint density at radius 3 is 2.36 bits per heavy atom. The van der Waals surface area contributed by atoms with Crippen molar-refractivity contribution in [3.63, 3.8) is 0 Å². The van der Waals surface area contributed by atoms with Crippen LogP contribution in [0, 0.1) is 5.41 Å². The Morgan fingerprint density at radius 2 is 1.84 bits per heavy atom. The van der Waals surface area contributed by atoms with E-state index in [9.17, 15) is 23.1 Å². The number of alkyl halides is 3. The van der Waals surface area contributed by atoms with Gasteiger partial charge in [-0.15, -0.1) is 0 Å². The monoisotopic (exact) mass is 362 g/mol. The molecular formula is C17H25F3N2O3. The Labute approximate surface area is 145 Å². The number of aliphatic hydroxyl groups excluding tert-OH is 1. The zero-order valence-corrected chi connectivity index (χ0v) is 14.8. The number of nitrogens with zero attached hydrogens (tertiary/aromatic N) is 1. The van der Waals surface area contributed by atoms with Crippen molar-refractivity contribution >= 4 is 5.91 Å². The molecule has 8 heteroatoms. The molecule has 0 fully saturated rings. The van der Waals surface area contributed by atoms with E-state index in [1.165, 1.54) is 30.1 Å². The molecule has 1 aromatic carbocycles. The molecule has 3 N–H and O–H groups in total. The van der Waals surface area contributed by atoms with E-state index >= 15 is 0 Å². The zero-order chi connectivity index (χ0) is 19.4. The molecule has 2 atom stereocenters. The molecule has 1 unspecified atom stereocenters. The summed E-state index contributed by atoms with van der Waals surface area (Å²) in [5.41, 5.74) is 4.51. The third-order valence-electron chi connectivity index (χ3n) is 3.68. The number of nitrogens with two attached hydrogens (primary N) is 1. The Balaban J connectivity index is 2.64. The van der Waals surface area contributed by atoms with Crippen LogP contribution in [0.2, 0.25) is 0 Å². The van der Waals surface area contributed by atoms with E-state index in [2.05, 4.69) is 0 Å². The van der Waals surface area contributed by atoms with Crippen LogP contribution < -0.4 is 10.5 Å². The highest BCUT2D eigenvalue weighted by Gasteiger charge is 2.34. The Morgan fingerprint density at radius 1 is 1.28 bits per heavy atom. The van der Waals surface area contributed by atoms with Crippen molar-refractivity contribution in [1.29, 1.82) is 0 Å². The number of hydrogen-bond donors (Lipinski definition) is 2. The largest absolute Gasteiger partial charge is 0.490 e. The Bertz CT molecular complexity index is 585. The number of amides is 1. The number of halogens is 3. The first-order valence-electron chi connectivity index (χ1n) is 7.81. The fraction of sp³-hybridized carbons (Fsp3) is 0.588. The van der Waals surface area contributed by atoms with Crippen LogP contribution in [-0.4, -0.2) is 48.3 Å². The van der Waals surface area contributed by atoms with Crippen molar-refractivity contribution in [3.05, 3.63) is 29.8 Å². The summed E-state index contributed by atoms with van der Waals surface area (Å²) in [6, 6.07) is 4.00. The van der Waals surface area contributed by atoms with Crippen molar-refractivity contribution in [3.8, 4) is 5.75 Å². The molecule has 0 aliphatic rings. The lowest BCUT2D eigenvalue weighted by Gasteiger charge is -2.31. The maximum Gasteiger partial charge on any atom is 0.419 e. The number of likely N-dealkylation sites (N-methyl/N-ethyl adjacent to an activating group) is 1. The molecule has 0 aliphatic carbocycles. The van der Waals surface area contributed by atoms with Crippen molar-refractivity contribution < 1.29 is 27.8 Å². The van der Waals surface area contributed by atoms with Gasteiger partial charge in [0, 0.05) is 13.6 Å². The van der Waals surface area contributed by atoms with Gasteiger partial charge >= 0.3 is 6.18 Å². The molecule has 142 valence electrons. The predicted molar refractivity (Wildman–Crippen MR) is 88.0 cm³/mol. The summed E-state index contributed by atoms with van der Waals surface area (Å²) in [5, 5.41) is 9.97. The van der Waals surface area contributed by atoms with Crippen LogP contribution in [0.15, 0.2) is 24.3 Å². The fourth-order valence-electron chi connectivity index (χ4n) is 2.08. The minimum Gasteiger partial charge on any atom is -0.490 e.